The van der Waals surface area contributed by atoms with Crippen LogP contribution in [0.5, 0.6) is 0 Å². The topological polar surface area (TPSA) is 87.9 Å². The Morgan fingerprint density at radius 2 is 2.17 bits per heavy atom. The summed E-state index contributed by atoms with van der Waals surface area (Å²) in [4.78, 5) is 18.0. The van der Waals surface area contributed by atoms with Crippen molar-refractivity contribution in [1.29, 1.82) is 0 Å². The lowest BCUT2D eigenvalue weighted by atomic mass is 9.92. The molecule has 0 aliphatic carbocycles. The molecule has 0 saturated carbocycles. The van der Waals surface area contributed by atoms with Gasteiger partial charge in [-0.05, 0) is 18.3 Å². The molecule has 1 fully saturated rings. The largest absolute Gasteiger partial charge is 0.368 e. The number of piperidine rings is 1. The van der Waals surface area contributed by atoms with Crippen molar-refractivity contribution >= 4 is 23.6 Å². The van der Waals surface area contributed by atoms with Gasteiger partial charge in [0, 0.05) is 13.1 Å². The number of nitrogens with zero attached hydrogens (tertiary/aromatic N) is 3. The van der Waals surface area contributed by atoms with Crippen molar-refractivity contribution in [2.75, 3.05) is 24.6 Å². The number of aromatic nitrogens is 3. The number of H-pyrrole nitrogens is 1. The van der Waals surface area contributed by atoms with Gasteiger partial charge in [-0.1, -0.05) is 25.6 Å². The molecule has 0 spiro atoms. The van der Waals surface area contributed by atoms with Crippen molar-refractivity contribution in [3.8, 4) is 0 Å². The fourth-order valence-electron chi connectivity index (χ4n) is 2.41. The lowest BCUT2D eigenvalue weighted by Gasteiger charge is -2.34. The molecule has 0 radical (unpaired) electrons. The summed E-state index contributed by atoms with van der Waals surface area (Å²) in [6.45, 7) is 6.11. The highest BCUT2D eigenvalue weighted by Crippen LogP contribution is 2.22. The number of aromatic amines is 1. The number of thioether (sulfide) groups is 1. The van der Waals surface area contributed by atoms with E-state index in [1.165, 1.54) is 18.2 Å². The average molecular weight is 269 g/mol. The molecule has 1 aliphatic rings. The number of carbonyl (C=O) groups is 1. The molecule has 1 aliphatic heterocycles. The molecular weight excluding hydrogens is 250 g/mol. The monoisotopic (exact) mass is 269 g/mol. The van der Waals surface area contributed by atoms with E-state index in [1.807, 2.05) is 4.90 Å². The van der Waals surface area contributed by atoms with E-state index in [0.717, 1.165) is 13.1 Å². The van der Waals surface area contributed by atoms with E-state index in [4.69, 9.17) is 5.73 Å². The van der Waals surface area contributed by atoms with Gasteiger partial charge in [-0.25, -0.2) is 5.10 Å². The maximum atomic E-state index is 12.1. The zero-order valence-electron chi connectivity index (χ0n) is 10.7. The van der Waals surface area contributed by atoms with Gasteiger partial charge in [-0.15, -0.1) is 5.10 Å². The number of nitrogen functional groups attached to an aromatic ring is 1. The summed E-state index contributed by atoms with van der Waals surface area (Å²) in [7, 11) is 0. The molecular formula is C11H19N5OS. The lowest BCUT2D eigenvalue weighted by Crippen LogP contribution is -2.43. The Bertz CT molecular complexity index is 411. The zero-order valence-corrected chi connectivity index (χ0v) is 11.5. The second-order valence-corrected chi connectivity index (χ2v) is 5.98. The fraction of sp³-hybridized carbons (Fsp3) is 0.727. The van der Waals surface area contributed by atoms with E-state index in [9.17, 15) is 4.79 Å². The third kappa shape index (κ3) is 3.38. The number of hydrogen-bond acceptors (Lipinski definition) is 5. The first-order valence-corrected chi connectivity index (χ1v) is 7.11. The van der Waals surface area contributed by atoms with Crippen LogP contribution in [0, 0.1) is 11.8 Å². The SMILES string of the molecule is CC1CC(C)CN(C(=O)CSc2n[nH]c(N)n2)C1. The van der Waals surface area contributed by atoms with Crippen LogP contribution < -0.4 is 5.73 Å². The summed E-state index contributed by atoms with van der Waals surface area (Å²) in [6.07, 6.45) is 1.20. The van der Waals surface area contributed by atoms with Crippen LogP contribution in [0.2, 0.25) is 0 Å². The van der Waals surface area contributed by atoms with Gasteiger partial charge in [0.05, 0.1) is 5.75 Å². The molecule has 6 nitrogen and oxygen atoms in total. The van der Waals surface area contributed by atoms with Gasteiger partial charge in [0.2, 0.25) is 17.0 Å². The van der Waals surface area contributed by atoms with Crippen LogP contribution >= 0.6 is 11.8 Å². The highest BCUT2D eigenvalue weighted by molar-refractivity contribution is 7.99. The van der Waals surface area contributed by atoms with Gasteiger partial charge in [0.25, 0.3) is 0 Å². The predicted molar refractivity (Wildman–Crippen MR) is 71.0 cm³/mol. The first kappa shape index (κ1) is 13.2. The zero-order chi connectivity index (χ0) is 13.1. The molecule has 18 heavy (non-hydrogen) atoms. The Labute approximate surface area is 111 Å². The Kier molecular flexibility index (Phi) is 4.11. The van der Waals surface area contributed by atoms with Gasteiger partial charge < -0.3 is 10.6 Å². The standard InChI is InChI=1S/C11H19N5OS/c1-7-3-8(2)5-16(4-7)9(17)6-18-11-13-10(12)14-15-11/h7-8H,3-6H2,1-2H3,(H3,12,13,14,15). The summed E-state index contributed by atoms with van der Waals surface area (Å²) in [5.74, 6) is 1.98. The number of carbonyl (C=O) groups excluding carboxylic acids is 1. The van der Waals surface area contributed by atoms with Crippen molar-refractivity contribution in [3.63, 3.8) is 0 Å². The first-order chi connectivity index (χ1) is 8.54. The van der Waals surface area contributed by atoms with Crippen LogP contribution in [0.4, 0.5) is 5.95 Å². The fourth-order valence-corrected chi connectivity index (χ4v) is 3.12. The van der Waals surface area contributed by atoms with Crippen molar-refractivity contribution in [1.82, 2.24) is 20.1 Å². The highest BCUT2D eigenvalue weighted by atomic mass is 32.2. The Balaban J connectivity index is 1.84. The second-order valence-electron chi connectivity index (χ2n) is 5.04. The minimum Gasteiger partial charge on any atom is -0.368 e. The molecule has 2 heterocycles. The minimum absolute atomic E-state index is 0.154. The molecule has 1 amide bonds. The molecule has 2 rings (SSSR count). The number of nitrogens with two attached hydrogens (primary N) is 1. The van der Waals surface area contributed by atoms with Gasteiger partial charge in [-0.3, -0.25) is 4.79 Å². The molecule has 1 aromatic heterocycles. The number of hydrogen-bond donors (Lipinski definition) is 2. The molecule has 1 saturated heterocycles. The quantitative estimate of drug-likeness (QED) is 0.799. The lowest BCUT2D eigenvalue weighted by molar-refractivity contribution is -0.130. The molecule has 1 aromatic rings. The van der Waals surface area contributed by atoms with Crippen LogP contribution in [0.15, 0.2) is 5.16 Å². The van der Waals surface area contributed by atoms with Crippen LogP contribution in [0.3, 0.4) is 0 Å². The van der Waals surface area contributed by atoms with Crippen LogP contribution in [-0.2, 0) is 4.79 Å². The second kappa shape index (κ2) is 5.60. The van der Waals surface area contributed by atoms with Crippen molar-refractivity contribution < 1.29 is 4.79 Å². The summed E-state index contributed by atoms with van der Waals surface area (Å²) in [6, 6.07) is 0. The predicted octanol–water partition coefficient (Wildman–Crippen LogP) is 0.984. The third-order valence-corrected chi connectivity index (χ3v) is 3.86. The number of rotatable bonds is 3. The molecule has 0 aromatic carbocycles. The van der Waals surface area contributed by atoms with E-state index >= 15 is 0 Å². The minimum atomic E-state index is 0.154. The van der Waals surface area contributed by atoms with Gasteiger partial charge in [-0.2, -0.15) is 4.98 Å². The van der Waals surface area contributed by atoms with Gasteiger partial charge >= 0.3 is 0 Å². The normalized spacial score (nSPS) is 24.2. The van der Waals surface area contributed by atoms with Crippen molar-refractivity contribution in [3.05, 3.63) is 0 Å². The summed E-state index contributed by atoms with van der Waals surface area (Å²) in [5.41, 5.74) is 5.43. The number of likely N-dealkylation sites (tertiary alicyclic amines) is 1. The van der Waals surface area contributed by atoms with E-state index in [1.54, 1.807) is 0 Å². The summed E-state index contributed by atoms with van der Waals surface area (Å²) < 4.78 is 0. The van der Waals surface area contributed by atoms with Crippen LogP contribution in [0.25, 0.3) is 0 Å². The van der Waals surface area contributed by atoms with Gasteiger partial charge in [0.15, 0.2) is 0 Å². The van der Waals surface area contributed by atoms with Gasteiger partial charge in [0.1, 0.15) is 0 Å². The number of nitrogens with one attached hydrogen (secondary N) is 1. The Morgan fingerprint density at radius 1 is 1.50 bits per heavy atom. The Hall–Kier alpha value is -1.24. The molecule has 7 heteroatoms. The maximum Gasteiger partial charge on any atom is 0.233 e. The van der Waals surface area contributed by atoms with Crippen molar-refractivity contribution in [2.24, 2.45) is 11.8 Å². The molecule has 2 atom stereocenters. The van der Waals surface area contributed by atoms with E-state index in [2.05, 4.69) is 29.0 Å². The average Bonchev–Trinajstić information content (AvgIpc) is 2.70. The highest BCUT2D eigenvalue weighted by Gasteiger charge is 2.25. The van der Waals surface area contributed by atoms with Crippen LogP contribution in [0.1, 0.15) is 20.3 Å². The van der Waals surface area contributed by atoms with E-state index in [-0.39, 0.29) is 11.9 Å². The maximum absolute atomic E-state index is 12.1. The van der Waals surface area contributed by atoms with Crippen LogP contribution in [-0.4, -0.2) is 44.8 Å². The summed E-state index contributed by atoms with van der Waals surface area (Å²) in [5, 5.41) is 6.98. The summed E-state index contributed by atoms with van der Waals surface area (Å²) >= 11 is 1.32. The first-order valence-electron chi connectivity index (χ1n) is 6.13. The molecule has 100 valence electrons. The van der Waals surface area contributed by atoms with E-state index in [0.29, 0.717) is 22.7 Å². The number of anilines is 1. The Morgan fingerprint density at radius 3 is 2.72 bits per heavy atom. The molecule has 3 N–H and O–H groups in total. The number of amides is 1. The third-order valence-electron chi connectivity index (χ3n) is 3.03. The molecule has 0 bridgehead atoms. The molecule has 2 unspecified atom stereocenters. The van der Waals surface area contributed by atoms with E-state index < -0.39 is 0 Å². The smallest absolute Gasteiger partial charge is 0.233 e. The van der Waals surface area contributed by atoms with Crippen molar-refractivity contribution in [2.45, 2.75) is 25.4 Å².